The maximum Gasteiger partial charge on any atom is 0.326 e. The lowest BCUT2D eigenvalue weighted by Gasteiger charge is -2.21. The number of para-hydroxylation sites is 1. The van der Waals surface area contributed by atoms with Gasteiger partial charge in [0.1, 0.15) is 5.75 Å². The number of ketones is 1. The molecule has 0 aliphatic carbocycles. The van der Waals surface area contributed by atoms with E-state index in [0.717, 1.165) is 28.1 Å². The second-order valence-corrected chi connectivity index (χ2v) is 11.6. The molecule has 1 heterocycles. The first-order valence-corrected chi connectivity index (χ1v) is 15.3. The summed E-state index contributed by atoms with van der Waals surface area (Å²) in [5.41, 5.74) is 5.07. The number of aliphatic carboxylic acids is 1. The van der Waals surface area contributed by atoms with Gasteiger partial charge in [0.2, 0.25) is 0 Å². The molecule has 2 unspecified atom stereocenters. The summed E-state index contributed by atoms with van der Waals surface area (Å²) in [6.07, 6.45) is 0.159. The Hall–Kier alpha value is -5.64. The average molecular weight is 635 g/mol. The van der Waals surface area contributed by atoms with Gasteiger partial charge >= 0.3 is 12.0 Å². The van der Waals surface area contributed by atoms with Crippen molar-refractivity contribution in [2.75, 3.05) is 49.3 Å². The van der Waals surface area contributed by atoms with Crippen molar-refractivity contribution in [1.82, 2.24) is 4.90 Å². The van der Waals surface area contributed by atoms with Crippen LogP contribution in [0.2, 0.25) is 0 Å². The third-order valence-electron chi connectivity index (χ3n) is 8.46. The molecule has 2 atom stereocenters. The van der Waals surface area contributed by atoms with Gasteiger partial charge in [-0.25, -0.2) is 4.79 Å². The van der Waals surface area contributed by atoms with Crippen LogP contribution in [-0.4, -0.2) is 67.5 Å². The fraction of sp³-hybridized carbons (Fsp3) is 0.243. The van der Waals surface area contributed by atoms with Crippen LogP contribution in [0.1, 0.15) is 33.0 Å². The van der Waals surface area contributed by atoms with Crippen molar-refractivity contribution in [3.05, 3.63) is 119 Å². The van der Waals surface area contributed by atoms with E-state index in [0.29, 0.717) is 23.5 Å². The Morgan fingerprint density at radius 1 is 0.915 bits per heavy atom. The van der Waals surface area contributed by atoms with Gasteiger partial charge in [-0.3, -0.25) is 19.3 Å². The molecule has 4 aromatic carbocycles. The van der Waals surface area contributed by atoms with E-state index in [-0.39, 0.29) is 43.1 Å². The van der Waals surface area contributed by atoms with E-state index < -0.39 is 11.9 Å². The molecule has 0 bridgehead atoms. The normalized spacial score (nSPS) is 15.5. The number of benzene rings is 4. The van der Waals surface area contributed by atoms with E-state index in [1.54, 1.807) is 54.4 Å². The molecule has 10 heteroatoms. The van der Waals surface area contributed by atoms with Crippen LogP contribution in [0.5, 0.6) is 5.75 Å². The maximum atomic E-state index is 13.0. The Kier molecular flexibility index (Phi) is 10.2. The Labute approximate surface area is 274 Å². The minimum Gasteiger partial charge on any atom is -0.495 e. The van der Waals surface area contributed by atoms with Crippen molar-refractivity contribution in [3.63, 3.8) is 0 Å². The van der Waals surface area contributed by atoms with Gasteiger partial charge in [-0.2, -0.15) is 0 Å². The number of Topliss-reactive ketones (excluding diaryl/α,β-unsaturated/α-hetero) is 1. The number of hydrogen-bond acceptors (Lipinski definition) is 6. The monoisotopic (exact) mass is 634 g/mol. The molecule has 4 aromatic rings. The van der Waals surface area contributed by atoms with Crippen LogP contribution >= 0.6 is 0 Å². The van der Waals surface area contributed by atoms with Gasteiger partial charge < -0.3 is 25.4 Å². The van der Waals surface area contributed by atoms with Gasteiger partial charge in [-0.05, 0) is 66.1 Å². The lowest BCUT2D eigenvalue weighted by molar-refractivity contribution is -0.141. The highest BCUT2D eigenvalue weighted by Crippen LogP contribution is 2.34. The predicted octanol–water partition coefficient (Wildman–Crippen LogP) is 5.84. The number of hydrogen-bond donors (Lipinski definition) is 3. The van der Waals surface area contributed by atoms with Gasteiger partial charge in [-0.15, -0.1) is 0 Å². The molecule has 3 amide bonds. The fourth-order valence-electron chi connectivity index (χ4n) is 5.86. The lowest BCUT2D eigenvalue weighted by atomic mass is 9.89. The van der Waals surface area contributed by atoms with Gasteiger partial charge in [0, 0.05) is 49.4 Å². The number of carbonyl (C=O) groups excluding carboxylic acids is 3. The van der Waals surface area contributed by atoms with Crippen LogP contribution < -0.4 is 20.3 Å². The molecular weight excluding hydrogens is 596 g/mol. The molecule has 0 spiro atoms. The van der Waals surface area contributed by atoms with Crippen LogP contribution in [0, 0.1) is 12.8 Å². The lowest BCUT2D eigenvalue weighted by Crippen LogP contribution is -2.31. The standard InChI is InChI=1S/C37H38N4O6/c1-24-9-7-8-12-33(24)40(2)37(46)39-32-18-13-25(20-34(32)47-3)19-29(42)21-38-28-16-14-26(15-17-28)30-22-41(23-31(30)36(44)45)35(43)27-10-5-4-6-11-27/h4-18,20,30-31,38H,19,21-23H2,1-3H3,(H,39,46)(H,44,45). The van der Waals surface area contributed by atoms with Crippen molar-refractivity contribution in [2.45, 2.75) is 19.3 Å². The van der Waals surface area contributed by atoms with Crippen molar-refractivity contribution in [1.29, 1.82) is 0 Å². The van der Waals surface area contributed by atoms with Gasteiger partial charge in [-0.1, -0.05) is 54.6 Å². The molecule has 47 heavy (non-hydrogen) atoms. The Morgan fingerprint density at radius 3 is 2.30 bits per heavy atom. The molecule has 0 radical (unpaired) electrons. The minimum atomic E-state index is -0.937. The number of ether oxygens (including phenoxy) is 1. The van der Waals surface area contributed by atoms with E-state index in [4.69, 9.17) is 4.74 Å². The topological polar surface area (TPSA) is 128 Å². The summed E-state index contributed by atoms with van der Waals surface area (Å²) in [5, 5.41) is 15.9. The molecule has 10 nitrogen and oxygen atoms in total. The summed E-state index contributed by atoms with van der Waals surface area (Å²) in [7, 11) is 3.21. The third-order valence-corrected chi connectivity index (χ3v) is 8.46. The van der Waals surface area contributed by atoms with E-state index in [1.165, 1.54) is 12.0 Å². The molecule has 5 rings (SSSR count). The van der Waals surface area contributed by atoms with Crippen molar-refractivity contribution >= 4 is 40.8 Å². The molecule has 1 fully saturated rings. The number of nitrogens with zero attached hydrogens (tertiary/aromatic N) is 2. The van der Waals surface area contributed by atoms with Crippen LogP contribution in [0.25, 0.3) is 0 Å². The Morgan fingerprint density at radius 2 is 1.62 bits per heavy atom. The first-order chi connectivity index (χ1) is 22.6. The Balaban J connectivity index is 1.16. The molecular formula is C37H38N4O6. The zero-order valence-corrected chi connectivity index (χ0v) is 26.6. The number of carbonyl (C=O) groups is 4. The van der Waals surface area contributed by atoms with Crippen molar-refractivity contribution in [2.24, 2.45) is 5.92 Å². The highest BCUT2D eigenvalue weighted by atomic mass is 16.5. The highest BCUT2D eigenvalue weighted by molar-refractivity contribution is 6.02. The second kappa shape index (κ2) is 14.6. The maximum absolute atomic E-state index is 13.0. The summed E-state index contributed by atoms with van der Waals surface area (Å²) in [5.74, 6) is -1.79. The minimum absolute atomic E-state index is 0.0519. The SMILES string of the molecule is COc1cc(CC(=O)CNc2ccc(C3CN(C(=O)c4ccccc4)CC3C(=O)O)cc2)ccc1NC(=O)N(C)c1ccccc1C. The largest absolute Gasteiger partial charge is 0.495 e. The molecule has 3 N–H and O–H groups in total. The van der Waals surface area contributed by atoms with Crippen molar-refractivity contribution < 1.29 is 29.0 Å². The first-order valence-electron chi connectivity index (χ1n) is 15.3. The summed E-state index contributed by atoms with van der Waals surface area (Å²) >= 11 is 0. The summed E-state index contributed by atoms with van der Waals surface area (Å²) in [6, 6.07) is 28.7. The number of rotatable bonds is 11. The number of methoxy groups -OCH3 is 1. The van der Waals surface area contributed by atoms with E-state index in [1.807, 2.05) is 61.5 Å². The number of anilines is 3. The quantitative estimate of drug-likeness (QED) is 0.189. The summed E-state index contributed by atoms with van der Waals surface area (Å²) in [4.78, 5) is 53.9. The molecule has 1 aliphatic rings. The van der Waals surface area contributed by atoms with Crippen LogP contribution in [0.3, 0.4) is 0 Å². The predicted molar refractivity (Wildman–Crippen MR) is 181 cm³/mol. The number of likely N-dealkylation sites (tertiary alicyclic amines) is 1. The zero-order valence-electron chi connectivity index (χ0n) is 26.6. The Bertz CT molecular complexity index is 1760. The van der Waals surface area contributed by atoms with Gasteiger partial charge in [0.05, 0.1) is 25.3 Å². The molecule has 1 aliphatic heterocycles. The van der Waals surface area contributed by atoms with Crippen LogP contribution in [-0.2, 0) is 16.0 Å². The molecule has 0 aromatic heterocycles. The third kappa shape index (κ3) is 7.78. The molecule has 242 valence electrons. The number of aryl methyl sites for hydroxylation is 1. The molecule has 1 saturated heterocycles. The van der Waals surface area contributed by atoms with Gasteiger partial charge in [0.15, 0.2) is 5.78 Å². The summed E-state index contributed by atoms with van der Waals surface area (Å²) < 4.78 is 5.51. The van der Waals surface area contributed by atoms with Gasteiger partial charge in [0.25, 0.3) is 5.91 Å². The average Bonchev–Trinajstić information content (AvgIpc) is 3.54. The number of nitrogens with one attached hydrogen (secondary N) is 2. The van der Waals surface area contributed by atoms with E-state index in [2.05, 4.69) is 10.6 Å². The van der Waals surface area contributed by atoms with Crippen molar-refractivity contribution in [3.8, 4) is 5.75 Å². The second-order valence-electron chi connectivity index (χ2n) is 11.6. The van der Waals surface area contributed by atoms with Crippen LogP contribution in [0.4, 0.5) is 21.9 Å². The number of urea groups is 1. The number of carboxylic acids is 1. The summed E-state index contributed by atoms with van der Waals surface area (Å²) in [6.45, 7) is 2.48. The zero-order chi connectivity index (χ0) is 33.5. The fourth-order valence-corrected chi connectivity index (χ4v) is 5.86. The smallest absolute Gasteiger partial charge is 0.326 e. The van der Waals surface area contributed by atoms with E-state index >= 15 is 0 Å². The molecule has 0 saturated carbocycles. The number of amides is 3. The van der Waals surface area contributed by atoms with Crippen LogP contribution in [0.15, 0.2) is 97.1 Å². The number of carboxylic acid groups (broad SMARTS) is 1. The first kappa shape index (κ1) is 32.7. The highest BCUT2D eigenvalue weighted by Gasteiger charge is 2.40. The van der Waals surface area contributed by atoms with E-state index in [9.17, 15) is 24.3 Å².